The Morgan fingerprint density at radius 1 is 1.45 bits per heavy atom. The largest absolute Gasteiger partial charge is 0.481 e. The quantitative estimate of drug-likeness (QED) is 0.659. The normalized spacial score (nSPS) is 12.5. The molecule has 0 amide bonds. The van der Waals surface area contributed by atoms with Crippen LogP contribution in [0.5, 0.6) is 0 Å². The Kier molecular flexibility index (Phi) is 4.50. The van der Waals surface area contributed by atoms with Crippen molar-refractivity contribution in [1.29, 1.82) is 0 Å². The summed E-state index contributed by atoms with van der Waals surface area (Å²) < 4.78 is 0. The fourth-order valence-electron chi connectivity index (χ4n) is 0.678. The van der Waals surface area contributed by atoms with Gasteiger partial charge in [0.2, 0.25) is 0 Å². The molecule has 0 saturated heterocycles. The van der Waals surface area contributed by atoms with Crippen LogP contribution in [0.1, 0.15) is 33.1 Å². The number of carbonyl (C=O) groups is 2. The van der Waals surface area contributed by atoms with Gasteiger partial charge in [-0.2, -0.15) is 0 Å². The molecule has 0 saturated carbocycles. The zero-order valence-corrected chi connectivity index (χ0v) is 6.96. The molecule has 64 valence electrons. The molecular weight excluding hydrogens is 144 g/mol. The van der Waals surface area contributed by atoms with Gasteiger partial charge in [0.15, 0.2) is 0 Å². The molecule has 1 atom stereocenters. The number of rotatable bonds is 5. The summed E-state index contributed by atoms with van der Waals surface area (Å²) in [5.41, 5.74) is 0. The van der Waals surface area contributed by atoms with Crippen LogP contribution in [0.2, 0.25) is 0 Å². The molecule has 0 unspecified atom stereocenters. The number of aliphatic carboxylic acids is 1. The van der Waals surface area contributed by atoms with Crippen LogP contribution < -0.4 is 0 Å². The van der Waals surface area contributed by atoms with E-state index in [0.29, 0.717) is 19.3 Å². The van der Waals surface area contributed by atoms with E-state index in [0.717, 1.165) is 0 Å². The van der Waals surface area contributed by atoms with Gasteiger partial charge in [0.05, 0.1) is 5.92 Å². The highest BCUT2D eigenvalue weighted by atomic mass is 16.4. The molecule has 0 spiro atoms. The Morgan fingerprint density at radius 2 is 2.00 bits per heavy atom. The summed E-state index contributed by atoms with van der Waals surface area (Å²) in [5.74, 6) is -1.09. The van der Waals surface area contributed by atoms with Crippen molar-refractivity contribution in [2.45, 2.75) is 33.1 Å². The molecule has 11 heavy (non-hydrogen) atoms. The Labute approximate surface area is 66.4 Å². The zero-order chi connectivity index (χ0) is 8.85. The third-order valence-corrected chi connectivity index (χ3v) is 1.67. The highest BCUT2D eigenvalue weighted by Gasteiger charge is 2.11. The molecule has 0 radical (unpaired) electrons. The molecule has 3 heteroatoms. The lowest BCUT2D eigenvalue weighted by Gasteiger charge is -2.02. The van der Waals surface area contributed by atoms with Crippen LogP contribution in [-0.2, 0) is 9.59 Å². The minimum atomic E-state index is -0.825. The summed E-state index contributed by atoms with van der Waals surface area (Å²) in [6.45, 7) is 3.40. The van der Waals surface area contributed by atoms with Gasteiger partial charge in [0, 0.05) is 12.8 Å². The van der Waals surface area contributed by atoms with Gasteiger partial charge in [0.1, 0.15) is 5.78 Å². The first-order chi connectivity index (χ1) is 5.07. The molecule has 0 aromatic rings. The first-order valence-electron chi connectivity index (χ1n) is 3.82. The topological polar surface area (TPSA) is 54.4 Å². The molecule has 0 aromatic heterocycles. The summed E-state index contributed by atoms with van der Waals surface area (Å²) in [4.78, 5) is 21.0. The van der Waals surface area contributed by atoms with Crippen molar-refractivity contribution in [2.24, 2.45) is 5.92 Å². The molecule has 0 aliphatic heterocycles. The van der Waals surface area contributed by atoms with Gasteiger partial charge in [-0.1, -0.05) is 13.8 Å². The Morgan fingerprint density at radius 3 is 2.36 bits per heavy atom. The minimum Gasteiger partial charge on any atom is -0.481 e. The number of carbonyl (C=O) groups excluding carboxylic acids is 1. The van der Waals surface area contributed by atoms with E-state index in [4.69, 9.17) is 5.11 Å². The molecule has 0 bridgehead atoms. The number of hydrogen-bond donors (Lipinski definition) is 1. The van der Waals surface area contributed by atoms with Crippen molar-refractivity contribution in [3.05, 3.63) is 0 Å². The zero-order valence-electron chi connectivity index (χ0n) is 6.96. The lowest BCUT2D eigenvalue weighted by molar-refractivity contribution is -0.141. The second-order valence-corrected chi connectivity index (χ2v) is 2.67. The highest BCUT2D eigenvalue weighted by Crippen LogP contribution is 2.06. The number of hydrogen-bond acceptors (Lipinski definition) is 2. The molecule has 1 N–H and O–H groups in total. The van der Waals surface area contributed by atoms with E-state index < -0.39 is 11.9 Å². The van der Waals surface area contributed by atoms with Crippen LogP contribution >= 0.6 is 0 Å². The summed E-state index contributed by atoms with van der Waals surface area (Å²) in [6.07, 6.45) is 1.36. The molecule has 3 nitrogen and oxygen atoms in total. The maximum Gasteiger partial charge on any atom is 0.306 e. The maximum absolute atomic E-state index is 10.7. The van der Waals surface area contributed by atoms with E-state index in [1.807, 2.05) is 0 Å². The lowest BCUT2D eigenvalue weighted by atomic mass is 10.0. The van der Waals surface area contributed by atoms with E-state index in [-0.39, 0.29) is 5.78 Å². The van der Waals surface area contributed by atoms with Crippen molar-refractivity contribution >= 4 is 11.8 Å². The van der Waals surface area contributed by atoms with Gasteiger partial charge in [-0.25, -0.2) is 0 Å². The van der Waals surface area contributed by atoms with E-state index in [2.05, 4.69) is 0 Å². The van der Waals surface area contributed by atoms with Gasteiger partial charge < -0.3 is 5.11 Å². The second-order valence-electron chi connectivity index (χ2n) is 2.67. The summed E-state index contributed by atoms with van der Waals surface area (Å²) in [6, 6.07) is 0. The third kappa shape index (κ3) is 4.53. The van der Waals surface area contributed by atoms with Crippen molar-refractivity contribution in [1.82, 2.24) is 0 Å². The number of Topliss-reactive ketones (excluding diaryl/α,β-unsaturated/α-hetero) is 1. The monoisotopic (exact) mass is 158 g/mol. The third-order valence-electron chi connectivity index (χ3n) is 1.67. The fourth-order valence-corrected chi connectivity index (χ4v) is 0.678. The lowest BCUT2D eigenvalue weighted by Crippen LogP contribution is -2.11. The molecule has 0 aliphatic rings. The van der Waals surface area contributed by atoms with Crippen molar-refractivity contribution < 1.29 is 14.7 Å². The van der Waals surface area contributed by atoms with Crippen LogP contribution in [0.4, 0.5) is 0 Å². The molecular formula is C8H14O3. The van der Waals surface area contributed by atoms with Gasteiger partial charge in [-0.3, -0.25) is 9.59 Å². The highest BCUT2D eigenvalue weighted by molar-refractivity contribution is 5.78. The minimum absolute atomic E-state index is 0.137. The maximum atomic E-state index is 10.7. The second kappa shape index (κ2) is 4.88. The van der Waals surface area contributed by atoms with E-state index in [9.17, 15) is 9.59 Å². The van der Waals surface area contributed by atoms with Crippen molar-refractivity contribution in [3.8, 4) is 0 Å². The summed E-state index contributed by atoms with van der Waals surface area (Å²) >= 11 is 0. The fraction of sp³-hybridized carbons (Fsp3) is 0.750. The smallest absolute Gasteiger partial charge is 0.306 e. The van der Waals surface area contributed by atoms with Gasteiger partial charge in [0.25, 0.3) is 0 Å². The average molecular weight is 158 g/mol. The van der Waals surface area contributed by atoms with E-state index in [1.165, 1.54) is 0 Å². The SMILES string of the molecule is CCC(=O)CC[C@H](C)C(=O)O. The summed E-state index contributed by atoms with van der Waals surface area (Å²) in [5, 5.41) is 8.46. The number of carboxylic acids is 1. The molecule has 0 rings (SSSR count). The van der Waals surface area contributed by atoms with Gasteiger partial charge in [-0.05, 0) is 6.42 Å². The van der Waals surface area contributed by atoms with Crippen molar-refractivity contribution in [2.75, 3.05) is 0 Å². The Hall–Kier alpha value is -0.860. The Bertz CT molecular complexity index is 151. The predicted molar refractivity (Wildman–Crippen MR) is 41.3 cm³/mol. The van der Waals surface area contributed by atoms with E-state index >= 15 is 0 Å². The number of ketones is 1. The Balaban J connectivity index is 3.54. The average Bonchev–Trinajstić information content (AvgIpc) is 1.99. The first-order valence-corrected chi connectivity index (χ1v) is 3.82. The standard InChI is InChI=1S/C8H14O3/c1-3-7(9)5-4-6(2)8(10)11/h6H,3-5H2,1-2H3,(H,10,11)/t6-/m0/s1. The number of carboxylic acid groups (broad SMARTS) is 1. The van der Waals surface area contributed by atoms with Gasteiger partial charge >= 0.3 is 5.97 Å². The van der Waals surface area contributed by atoms with Crippen LogP contribution in [-0.4, -0.2) is 16.9 Å². The van der Waals surface area contributed by atoms with Crippen LogP contribution in [0, 0.1) is 5.92 Å². The summed E-state index contributed by atoms with van der Waals surface area (Å²) in [7, 11) is 0. The first kappa shape index (κ1) is 10.1. The van der Waals surface area contributed by atoms with Crippen molar-refractivity contribution in [3.63, 3.8) is 0 Å². The van der Waals surface area contributed by atoms with Crippen LogP contribution in [0.25, 0.3) is 0 Å². The molecule has 0 aromatic carbocycles. The molecule has 0 heterocycles. The van der Waals surface area contributed by atoms with E-state index in [1.54, 1.807) is 13.8 Å². The predicted octanol–water partition coefficient (Wildman–Crippen LogP) is 1.47. The van der Waals surface area contributed by atoms with Crippen LogP contribution in [0.3, 0.4) is 0 Å². The molecule has 0 aliphatic carbocycles. The van der Waals surface area contributed by atoms with Crippen LogP contribution in [0.15, 0.2) is 0 Å². The van der Waals surface area contributed by atoms with Gasteiger partial charge in [-0.15, -0.1) is 0 Å². The molecule has 0 fully saturated rings.